The van der Waals surface area contributed by atoms with E-state index in [9.17, 15) is 0 Å². The molecule has 100 valence electrons. The molecule has 2 heteroatoms. The highest BCUT2D eigenvalue weighted by Gasteiger charge is 2.20. The largest absolute Gasteiger partial charge is 0.346 e. The summed E-state index contributed by atoms with van der Waals surface area (Å²) in [5, 5.41) is 3.59. The molecule has 1 aromatic heterocycles. The van der Waals surface area contributed by atoms with Crippen LogP contribution < -0.4 is 5.32 Å². The van der Waals surface area contributed by atoms with E-state index in [0.717, 1.165) is 19.1 Å². The van der Waals surface area contributed by atoms with E-state index in [2.05, 4.69) is 60.3 Å². The molecular formula is C17H22N2. The lowest BCUT2D eigenvalue weighted by atomic mass is 10.1. The molecule has 3 rings (SSSR count). The molecule has 0 atom stereocenters. The van der Waals surface area contributed by atoms with Gasteiger partial charge in [0.1, 0.15) is 0 Å². The summed E-state index contributed by atoms with van der Waals surface area (Å²) in [6, 6.07) is 11.8. The molecule has 19 heavy (non-hydrogen) atoms. The third-order valence-corrected chi connectivity index (χ3v) is 3.92. The zero-order valence-corrected chi connectivity index (χ0v) is 11.8. The number of aromatic nitrogens is 1. The highest BCUT2D eigenvalue weighted by Crippen LogP contribution is 2.20. The third-order valence-electron chi connectivity index (χ3n) is 3.92. The average molecular weight is 254 g/mol. The van der Waals surface area contributed by atoms with Gasteiger partial charge < -0.3 is 9.88 Å². The first kappa shape index (κ1) is 12.5. The van der Waals surface area contributed by atoms with Gasteiger partial charge in [0, 0.05) is 31.0 Å². The number of hydrogen-bond acceptors (Lipinski definition) is 1. The Labute approximate surface area is 115 Å². The molecule has 2 aromatic rings. The van der Waals surface area contributed by atoms with Crippen molar-refractivity contribution in [3.05, 3.63) is 58.9 Å². The fourth-order valence-corrected chi connectivity index (χ4v) is 2.45. The van der Waals surface area contributed by atoms with E-state index in [1.165, 1.54) is 35.2 Å². The van der Waals surface area contributed by atoms with Crippen LogP contribution in [0.4, 0.5) is 0 Å². The van der Waals surface area contributed by atoms with Crippen molar-refractivity contribution in [3.8, 4) is 0 Å². The molecule has 0 amide bonds. The van der Waals surface area contributed by atoms with E-state index >= 15 is 0 Å². The van der Waals surface area contributed by atoms with Crippen LogP contribution in [0.15, 0.2) is 36.5 Å². The summed E-state index contributed by atoms with van der Waals surface area (Å²) in [6.45, 7) is 6.32. The molecule has 0 saturated heterocycles. The number of nitrogens with zero attached hydrogens (tertiary/aromatic N) is 1. The normalized spacial score (nSPS) is 14.8. The van der Waals surface area contributed by atoms with Crippen LogP contribution in [-0.2, 0) is 13.1 Å². The van der Waals surface area contributed by atoms with Gasteiger partial charge in [-0.2, -0.15) is 0 Å². The second-order valence-corrected chi connectivity index (χ2v) is 5.71. The Morgan fingerprint density at radius 2 is 2.05 bits per heavy atom. The number of hydrogen-bond donors (Lipinski definition) is 1. The van der Waals surface area contributed by atoms with Gasteiger partial charge in [-0.3, -0.25) is 0 Å². The molecule has 2 nitrogen and oxygen atoms in total. The molecule has 1 fully saturated rings. The van der Waals surface area contributed by atoms with E-state index in [1.807, 2.05) is 0 Å². The Morgan fingerprint density at radius 3 is 2.84 bits per heavy atom. The second-order valence-electron chi connectivity index (χ2n) is 5.71. The average Bonchev–Trinajstić information content (AvgIpc) is 3.12. The van der Waals surface area contributed by atoms with Crippen molar-refractivity contribution in [2.45, 2.75) is 45.8 Å². The third kappa shape index (κ3) is 3.07. The molecule has 1 saturated carbocycles. The summed E-state index contributed by atoms with van der Waals surface area (Å²) < 4.78 is 2.36. The molecule has 1 aliphatic carbocycles. The van der Waals surface area contributed by atoms with Gasteiger partial charge in [0.2, 0.25) is 0 Å². The number of benzene rings is 1. The fourth-order valence-electron chi connectivity index (χ4n) is 2.45. The Balaban J connectivity index is 1.74. The summed E-state index contributed by atoms with van der Waals surface area (Å²) in [6.07, 6.45) is 4.88. The lowest BCUT2D eigenvalue weighted by Gasteiger charge is -2.12. The first-order valence-corrected chi connectivity index (χ1v) is 7.16. The quantitative estimate of drug-likeness (QED) is 0.865. The van der Waals surface area contributed by atoms with Gasteiger partial charge in [0.15, 0.2) is 0 Å². The molecular weight excluding hydrogens is 232 g/mol. The Hall–Kier alpha value is -1.54. The predicted octanol–water partition coefficient (Wildman–Crippen LogP) is 3.41. The van der Waals surface area contributed by atoms with E-state index in [4.69, 9.17) is 0 Å². The molecule has 0 spiro atoms. The van der Waals surface area contributed by atoms with E-state index in [1.54, 1.807) is 0 Å². The zero-order valence-electron chi connectivity index (χ0n) is 11.8. The van der Waals surface area contributed by atoms with Crippen molar-refractivity contribution < 1.29 is 0 Å². The van der Waals surface area contributed by atoms with Crippen molar-refractivity contribution in [2.75, 3.05) is 0 Å². The minimum atomic E-state index is 0.768. The van der Waals surface area contributed by atoms with Gasteiger partial charge in [0.25, 0.3) is 0 Å². The van der Waals surface area contributed by atoms with E-state index in [0.29, 0.717) is 0 Å². The maximum atomic E-state index is 3.59. The number of aryl methyl sites for hydroxylation is 2. The zero-order chi connectivity index (χ0) is 13.2. The minimum absolute atomic E-state index is 0.768. The summed E-state index contributed by atoms with van der Waals surface area (Å²) in [4.78, 5) is 0. The van der Waals surface area contributed by atoms with Gasteiger partial charge in [-0.15, -0.1) is 0 Å². The van der Waals surface area contributed by atoms with Gasteiger partial charge in [-0.05, 0) is 49.9 Å². The summed E-state index contributed by atoms with van der Waals surface area (Å²) >= 11 is 0. The van der Waals surface area contributed by atoms with E-state index < -0.39 is 0 Å². The van der Waals surface area contributed by atoms with Crippen molar-refractivity contribution >= 4 is 0 Å². The standard InChI is InChI=1S/C17H22N2/c1-13-5-6-14(2)15(10-13)12-19-9-3-4-17(19)11-18-16-7-8-16/h3-6,9-10,16,18H,7-8,11-12H2,1-2H3. The molecule has 1 aliphatic rings. The highest BCUT2D eigenvalue weighted by atomic mass is 15.0. The summed E-state index contributed by atoms with van der Waals surface area (Å²) in [5.41, 5.74) is 5.52. The lowest BCUT2D eigenvalue weighted by molar-refractivity contribution is 0.634. The molecule has 1 heterocycles. The van der Waals surface area contributed by atoms with Crippen LogP contribution in [0.5, 0.6) is 0 Å². The van der Waals surface area contributed by atoms with Crippen molar-refractivity contribution in [1.82, 2.24) is 9.88 Å². The maximum absolute atomic E-state index is 3.59. The Kier molecular flexibility index (Phi) is 3.43. The summed E-state index contributed by atoms with van der Waals surface area (Å²) in [5.74, 6) is 0. The van der Waals surface area contributed by atoms with Crippen LogP contribution >= 0.6 is 0 Å². The maximum Gasteiger partial charge on any atom is 0.0476 e. The van der Waals surface area contributed by atoms with Gasteiger partial charge in [0.05, 0.1) is 0 Å². The molecule has 0 radical (unpaired) electrons. The lowest BCUT2D eigenvalue weighted by Crippen LogP contribution is -2.18. The van der Waals surface area contributed by atoms with Crippen LogP contribution in [0.1, 0.15) is 35.2 Å². The van der Waals surface area contributed by atoms with Crippen LogP contribution in [0.2, 0.25) is 0 Å². The van der Waals surface area contributed by atoms with E-state index in [-0.39, 0.29) is 0 Å². The van der Waals surface area contributed by atoms with Crippen LogP contribution in [0, 0.1) is 13.8 Å². The van der Waals surface area contributed by atoms with Crippen LogP contribution in [0.25, 0.3) is 0 Å². The van der Waals surface area contributed by atoms with Crippen molar-refractivity contribution in [1.29, 1.82) is 0 Å². The number of nitrogens with one attached hydrogen (secondary N) is 1. The van der Waals surface area contributed by atoms with Gasteiger partial charge >= 0.3 is 0 Å². The highest BCUT2D eigenvalue weighted by molar-refractivity contribution is 5.31. The molecule has 0 unspecified atom stereocenters. The van der Waals surface area contributed by atoms with Gasteiger partial charge in [-0.1, -0.05) is 23.8 Å². The Morgan fingerprint density at radius 1 is 1.21 bits per heavy atom. The molecule has 1 aromatic carbocycles. The van der Waals surface area contributed by atoms with Crippen molar-refractivity contribution in [2.24, 2.45) is 0 Å². The topological polar surface area (TPSA) is 17.0 Å². The summed E-state index contributed by atoms with van der Waals surface area (Å²) in [7, 11) is 0. The molecule has 0 bridgehead atoms. The molecule has 1 N–H and O–H groups in total. The van der Waals surface area contributed by atoms with Crippen molar-refractivity contribution in [3.63, 3.8) is 0 Å². The molecule has 0 aliphatic heterocycles. The first-order valence-electron chi connectivity index (χ1n) is 7.16. The number of rotatable bonds is 5. The smallest absolute Gasteiger partial charge is 0.0476 e. The monoisotopic (exact) mass is 254 g/mol. The van der Waals surface area contributed by atoms with Crippen LogP contribution in [-0.4, -0.2) is 10.6 Å². The Bertz CT molecular complexity index is 564. The predicted molar refractivity (Wildman–Crippen MR) is 79.3 cm³/mol. The SMILES string of the molecule is Cc1ccc(C)c(Cn2cccc2CNC2CC2)c1. The second kappa shape index (κ2) is 5.22. The first-order chi connectivity index (χ1) is 9.22. The van der Waals surface area contributed by atoms with Crippen LogP contribution in [0.3, 0.4) is 0 Å². The fraction of sp³-hybridized carbons (Fsp3) is 0.412. The minimum Gasteiger partial charge on any atom is -0.346 e. The van der Waals surface area contributed by atoms with Gasteiger partial charge in [-0.25, -0.2) is 0 Å².